The average Bonchev–Trinajstić information content (AvgIpc) is 2.72. The van der Waals surface area contributed by atoms with Crippen LogP contribution in [-0.4, -0.2) is 52.4 Å². The lowest BCUT2D eigenvalue weighted by Gasteiger charge is -2.33. The van der Waals surface area contributed by atoms with E-state index in [2.05, 4.69) is 19.9 Å². The van der Waals surface area contributed by atoms with Crippen LogP contribution in [0.3, 0.4) is 0 Å². The number of carbonyl (C=O) groups excluding carboxylic acids is 1. The number of likely N-dealkylation sites (N-methyl/N-ethyl adjacent to an activating group) is 1. The standard InChI is InChI=1S/C20H27N5O/c1-24(14-9-18-6-2-3-10-22-18)20(26)8-7-17-5-4-13-25(16-17)19-15-21-11-12-23-19/h2-3,6,10-12,15,17H,4-5,7-9,13-14,16H2,1H3/t17-/m1/s1. The molecule has 3 rings (SSSR count). The summed E-state index contributed by atoms with van der Waals surface area (Å²) in [7, 11) is 1.89. The van der Waals surface area contributed by atoms with Gasteiger partial charge in [-0.3, -0.25) is 14.8 Å². The van der Waals surface area contributed by atoms with Crippen molar-refractivity contribution in [2.75, 3.05) is 31.6 Å². The molecule has 138 valence electrons. The lowest BCUT2D eigenvalue weighted by Crippen LogP contribution is -2.37. The summed E-state index contributed by atoms with van der Waals surface area (Å²) in [5.41, 5.74) is 1.03. The number of hydrogen-bond donors (Lipinski definition) is 0. The number of piperidine rings is 1. The topological polar surface area (TPSA) is 62.2 Å². The van der Waals surface area contributed by atoms with E-state index in [1.807, 2.05) is 36.3 Å². The molecule has 0 N–H and O–H groups in total. The molecule has 0 aromatic carbocycles. The molecule has 1 saturated heterocycles. The highest BCUT2D eigenvalue weighted by Crippen LogP contribution is 2.24. The predicted molar refractivity (Wildman–Crippen MR) is 102 cm³/mol. The first-order valence-electron chi connectivity index (χ1n) is 9.37. The molecular weight excluding hydrogens is 326 g/mol. The molecule has 1 aliphatic heterocycles. The van der Waals surface area contributed by atoms with Crippen molar-refractivity contribution in [1.82, 2.24) is 19.9 Å². The third kappa shape index (κ3) is 5.25. The molecule has 6 heteroatoms. The van der Waals surface area contributed by atoms with E-state index in [0.29, 0.717) is 18.9 Å². The molecule has 26 heavy (non-hydrogen) atoms. The summed E-state index contributed by atoms with van der Waals surface area (Å²) in [4.78, 5) is 29.4. The number of anilines is 1. The Hall–Kier alpha value is -2.50. The second-order valence-electron chi connectivity index (χ2n) is 6.94. The Morgan fingerprint density at radius 1 is 1.27 bits per heavy atom. The number of aromatic nitrogens is 3. The van der Waals surface area contributed by atoms with Crippen LogP contribution in [0.4, 0.5) is 5.82 Å². The van der Waals surface area contributed by atoms with E-state index in [1.165, 1.54) is 6.42 Å². The van der Waals surface area contributed by atoms with Gasteiger partial charge in [-0.05, 0) is 37.3 Å². The Bertz CT molecular complexity index is 679. The molecular formula is C20H27N5O. The molecule has 0 saturated carbocycles. The van der Waals surface area contributed by atoms with Crippen molar-refractivity contribution in [3.8, 4) is 0 Å². The quantitative estimate of drug-likeness (QED) is 0.765. The highest BCUT2D eigenvalue weighted by molar-refractivity contribution is 5.75. The summed E-state index contributed by atoms with van der Waals surface area (Å²) < 4.78 is 0. The first-order chi connectivity index (χ1) is 12.7. The highest BCUT2D eigenvalue weighted by atomic mass is 16.2. The van der Waals surface area contributed by atoms with Crippen molar-refractivity contribution in [3.63, 3.8) is 0 Å². The molecule has 0 spiro atoms. The van der Waals surface area contributed by atoms with Crippen LogP contribution in [-0.2, 0) is 11.2 Å². The maximum Gasteiger partial charge on any atom is 0.222 e. The van der Waals surface area contributed by atoms with Crippen LogP contribution in [0.5, 0.6) is 0 Å². The fourth-order valence-corrected chi connectivity index (χ4v) is 3.43. The SMILES string of the molecule is CN(CCc1ccccn1)C(=O)CC[C@H]1CCCN(c2cnccn2)C1. The van der Waals surface area contributed by atoms with Gasteiger partial charge in [-0.1, -0.05) is 6.07 Å². The van der Waals surface area contributed by atoms with Crippen LogP contribution < -0.4 is 4.90 Å². The lowest BCUT2D eigenvalue weighted by atomic mass is 9.93. The number of pyridine rings is 1. The van der Waals surface area contributed by atoms with Gasteiger partial charge in [0.05, 0.1) is 6.20 Å². The summed E-state index contributed by atoms with van der Waals surface area (Å²) in [5, 5.41) is 0. The van der Waals surface area contributed by atoms with Crippen LogP contribution in [0.25, 0.3) is 0 Å². The minimum atomic E-state index is 0.220. The molecule has 2 aromatic rings. The van der Waals surface area contributed by atoms with Gasteiger partial charge in [-0.2, -0.15) is 0 Å². The van der Waals surface area contributed by atoms with Gasteiger partial charge in [0.15, 0.2) is 0 Å². The third-order valence-corrected chi connectivity index (χ3v) is 5.01. The zero-order valence-corrected chi connectivity index (χ0v) is 15.4. The Morgan fingerprint density at radius 2 is 2.19 bits per heavy atom. The molecule has 1 fully saturated rings. The smallest absolute Gasteiger partial charge is 0.222 e. The molecule has 0 bridgehead atoms. The van der Waals surface area contributed by atoms with Crippen LogP contribution in [0.2, 0.25) is 0 Å². The maximum absolute atomic E-state index is 12.4. The highest BCUT2D eigenvalue weighted by Gasteiger charge is 2.22. The molecule has 3 heterocycles. The van der Waals surface area contributed by atoms with E-state index in [4.69, 9.17) is 0 Å². The number of rotatable bonds is 7. The first-order valence-corrected chi connectivity index (χ1v) is 9.37. The first kappa shape index (κ1) is 18.3. The normalized spacial score (nSPS) is 17.1. The van der Waals surface area contributed by atoms with E-state index in [-0.39, 0.29) is 5.91 Å². The van der Waals surface area contributed by atoms with Crippen molar-refractivity contribution in [2.24, 2.45) is 5.92 Å². The van der Waals surface area contributed by atoms with E-state index < -0.39 is 0 Å². The summed E-state index contributed by atoms with van der Waals surface area (Å²) in [6.45, 7) is 2.70. The summed E-state index contributed by atoms with van der Waals surface area (Å²) in [5.74, 6) is 1.70. The van der Waals surface area contributed by atoms with Gasteiger partial charge in [0.1, 0.15) is 5.82 Å². The minimum Gasteiger partial charge on any atom is -0.355 e. The molecule has 1 atom stereocenters. The van der Waals surface area contributed by atoms with Gasteiger partial charge in [0, 0.05) is 63.8 Å². The van der Waals surface area contributed by atoms with Crippen molar-refractivity contribution in [3.05, 3.63) is 48.7 Å². The second kappa shape index (κ2) is 9.27. The number of nitrogens with zero attached hydrogens (tertiary/aromatic N) is 5. The van der Waals surface area contributed by atoms with Gasteiger partial charge in [-0.25, -0.2) is 4.98 Å². The predicted octanol–water partition coefficient (Wildman–Crippen LogP) is 2.57. The number of carbonyl (C=O) groups is 1. The fourth-order valence-electron chi connectivity index (χ4n) is 3.43. The van der Waals surface area contributed by atoms with Crippen LogP contribution in [0, 0.1) is 5.92 Å². The Morgan fingerprint density at radius 3 is 2.96 bits per heavy atom. The van der Waals surface area contributed by atoms with Gasteiger partial charge in [0.2, 0.25) is 5.91 Å². The third-order valence-electron chi connectivity index (χ3n) is 5.01. The van der Waals surface area contributed by atoms with E-state index in [0.717, 1.165) is 43.9 Å². The summed E-state index contributed by atoms with van der Waals surface area (Å²) in [6, 6.07) is 5.89. The van der Waals surface area contributed by atoms with E-state index in [1.54, 1.807) is 18.6 Å². The molecule has 0 radical (unpaired) electrons. The molecule has 0 aliphatic carbocycles. The number of amides is 1. The van der Waals surface area contributed by atoms with Crippen molar-refractivity contribution in [1.29, 1.82) is 0 Å². The Labute approximate surface area is 155 Å². The van der Waals surface area contributed by atoms with Crippen LogP contribution >= 0.6 is 0 Å². The minimum absolute atomic E-state index is 0.220. The molecule has 1 amide bonds. The largest absolute Gasteiger partial charge is 0.355 e. The van der Waals surface area contributed by atoms with Gasteiger partial charge < -0.3 is 9.80 Å². The zero-order valence-electron chi connectivity index (χ0n) is 15.4. The van der Waals surface area contributed by atoms with Crippen molar-refractivity contribution >= 4 is 11.7 Å². The van der Waals surface area contributed by atoms with E-state index >= 15 is 0 Å². The zero-order chi connectivity index (χ0) is 18.2. The molecule has 0 unspecified atom stereocenters. The van der Waals surface area contributed by atoms with Crippen molar-refractivity contribution < 1.29 is 4.79 Å². The average molecular weight is 353 g/mol. The Kier molecular flexibility index (Phi) is 6.52. The maximum atomic E-state index is 12.4. The molecule has 2 aromatic heterocycles. The van der Waals surface area contributed by atoms with Crippen LogP contribution in [0.15, 0.2) is 43.0 Å². The van der Waals surface area contributed by atoms with Crippen molar-refractivity contribution in [2.45, 2.75) is 32.1 Å². The summed E-state index contributed by atoms with van der Waals surface area (Å²) >= 11 is 0. The monoisotopic (exact) mass is 353 g/mol. The van der Waals surface area contributed by atoms with Gasteiger partial charge >= 0.3 is 0 Å². The van der Waals surface area contributed by atoms with E-state index in [9.17, 15) is 4.79 Å². The Balaban J connectivity index is 1.42. The summed E-state index contributed by atoms with van der Waals surface area (Å²) in [6.07, 6.45) is 11.7. The second-order valence-corrected chi connectivity index (χ2v) is 6.94. The fraction of sp³-hybridized carbons (Fsp3) is 0.500. The molecule has 1 aliphatic rings. The molecule has 6 nitrogen and oxygen atoms in total. The lowest BCUT2D eigenvalue weighted by molar-refractivity contribution is -0.130. The van der Waals surface area contributed by atoms with Crippen LogP contribution in [0.1, 0.15) is 31.4 Å². The number of hydrogen-bond acceptors (Lipinski definition) is 5. The van der Waals surface area contributed by atoms with Gasteiger partial charge in [-0.15, -0.1) is 0 Å². The van der Waals surface area contributed by atoms with Gasteiger partial charge in [0.25, 0.3) is 0 Å².